The second-order valence-electron chi connectivity index (χ2n) is 7.83. The van der Waals surface area contributed by atoms with E-state index in [9.17, 15) is 8.42 Å². The zero-order valence-electron chi connectivity index (χ0n) is 17.8. The van der Waals surface area contributed by atoms with Crippen LogP contribution >= 0.6 is 0 Å². The molecule has 160 valence electrons. The summed E-state index contributed by atoms with van der Waals surface area (Å²) in [5, 5.41) is 2.31. The van der Waals surface area contributed by atoms with Crippen LogP contribution in [0.2, 0.25) is 0 Å². The molecule has 3 nitrogen and oxygen atoms in total. The second-order valence-corrected chi connectivity index (χ2v) is 10.6. The van der Waals surface area contributed by atoms with Crippen molar-refractivity contribution in [2.45, 2.75) is 15.4 Å². The average Bonchev–Trinajstić information content (AvgIpc) is 2.83. The van der Waals surface area contributed by atoms with Crippen molar-refractivity contribution in [3.8, 4) is 5.75 Å². The zero-order chi connectivity index (χ0) is 22.3. The van der Waals surface area contributed by atoms with E-state index >= 15 is 0 Å². The average molecular weight is 459 g/mol. The molecule has 0 bridgehead atoms. The molecule has 0 aromatic heterocycles. The Balaban J connectivity index is 1.69. The van der Waals surface area contributed by atoms with E-state index in [0.717, 1.165) is 43.0 Å². The highest BCUT2D eigenvalue weighted by atomic mass is 32.2. The Morgan fingerprint density at radius 1 is 0.688 bits per heavy atom. The molecule has 1 aliphatic rings. The Hall–Kier alpha value is -3.02. The van der Waals surface area contributed by atoms with Gasteiger partial charge < -0.3 is 4.74 Å². The lowest BCUT2D eigenvalue weighted by atomic mass is 9.83. The Labute approximate surface area is 192 Å². The van der Waals surface area contributed by atoms with E-state index in [4.69, 9.17) is 4.74 Å². The third-order valence-corrected chi connectivity index (χ3v) is 7.79. The maximum Gasteiger partial charge on any atom is 0.178 e. The predicted molar refractivity (Wildman–Crippen MR) is 132 cm³/mol. The maximum absolute atomic E-state index is 11.9. The summed E-state index contributed by atoms with van der Waals surface area (Å²) in [5.74, 6) is 0.803. The van der Waals surface area contributed by atoms with Crippen molar-refractivity contribution in [2.75, 3.05) is 12.5 Å². The molecule has 1 heterocycles. The molecule has 0 N–H and O–H groups in total. The van der Waals surface area contributed by atoms with E-state index in [2.05, 4.69) is 30.4 Å². The zero-order valence-corrected chi connectivity index (χ0v) is 19.4. The lowest BCUT2D eigenvalue weighted by Crippen LogP contribution is -2.34. The standard InChI is InChI=1S/C27H22O3S2/c1-31(28)22-12-8-20(9-13-22)27(21-10-14-23(15-11-21)32(2)29)18-17-25-24-6-4-3-5-19(24)7-16-26(25)30-27/h3-18H,1-2H3. The van der Waals surface area contributed by atoms with Crippen molar-refractivity contribution < 1.29 is 13.2 Å². The lowest BCUT2D eigenvalue weighted by molar-refractivity contribution is 0.161. The summed E-state index contributed by atoms with van der Waals surface area (Å²) in [5.41, 5.74) is 2.08. The number of hydrogen-bond donors (Lipinski definition) is 0. The molecule has 0 radical (unpaired) electrons. The largest absolute Gasteiger partial charge is 0.473 e. The topological polar surface area (TPSA) is 43.4 Å². The Morgan fingerprint density at radius 2 is 1.25 bits per heavy atom. The normalized spacial score (nSPS) is 19.2. The van der Waals surface area contributed by atoms with Gasteiger partial charge in [-0.05, 0) is 53.3 Å². The predicted octanol–water partition coefficient (Wildman–Crippen LogP) is 5.66. The highest BCUT2D eigenvalue weighted by Crippen LogP contribution is 2.44. The Bertz CT molecular complexity index is 1330. The monoisotopic (exact) mass is 458 g/mol. The van der Waals surface area contributed by atoms with Gasteiger partial charge in [-0.1, -0.05) is 54.6 Å². The van der Waals surface area contributed by atoms with E-state index in [-0.39, 0.29) is 0 Å². The lowest BCUT2D eigenvalue weighted by Gasteiger charge is -2.36. The number of rotatable bonds is 4. The number of hydrogen-bond acceptors (Lipinski definition) is 3. The van der Waals surface area contributed by atoms with Gasteiger partial charge in [-0.15, -0.1) is 0 Å². The molecule has 5 heteroatoms. The maximum atomic E-state index is 11.9. The molecule has 2 atom stereocenters. The van der Waals surface area contributed by atoms with Gasteiger partial charge in [0.1, 0.15) is 5.75 Å². The molecule has 0 aliphatic carbocycles. The summed E-state index contributed by atoms with van der Waals surface area (Å²) in [6.07, 6.45) is 7.55. The second kappa shape index (κ2) is 8.15. The molecule has 32 heavy (non-hydrogen) atoms. The SMILES string of the molecule is CS(=O)c1ccc(C2(c3ccc(S(C)=O)cc3)C=Cc3c(ccc4ccccc34)O2)cc1. The summed E-state index contributed by atoms with van der Waals surface area (Å²) < 4.78 is 30.6. The van der Waals surface area contributed by atoms with Gasteiger partial charge in [0, 0.05) is 60.6 Å². The Morgan fingerprint density at radius 3 is 1.81 bits per heavy atom. The first kappa shape index (κ1) is 20.9. The van der Waals surface area contributed by atoms with Crippen LogP contribution < -0.4 is 4.74 Å². The minimum absolute atomic E-state index is 0.770. The van der Waals surface area contributed by atoms with Crippen LogP contribution in [-0.2, 0) is 27.2 Å². The van der Waals surface area contributed by atoms with Gasteiger partial charge in [-0.2, -0.15) is 0 Å². The third-order valence-electron chi connectivity index (χ3n) is 5.92. The molecular formula is C27H22O3S2. The van der Waals surface area contributed by atoms with Gasteiger partial charge in [-0.25, -0.2) is 0 Å². The smallest absolute Gasteiger partial charge is 0.178 e. The summed E-state index contributed by atoms with van der Waals surface area (Å²) in [7, 11) is -2.11. The van der Waals surface area contributed by atoms with Crippen LogP contribution in [0.4, 0.5) is 0 Å². The van der Waals surface area contributed by atoms with Crippen molar-refractivity contribution in [1.82, 2.24) is 0 Å². The molecule has 2 unspecified atom stereocenters. The molecule has 0 saturated heterocycles. The van der Waals surface area contributed by atoms with Crippen molar-refractivity contribution in [2.24, 2.45) is 0 Å². The summed E-state index contributed by atoms with van der Waals surface area (Å²) in [4.78, 5) is 1.54. The van der Waals surface area contributed by atoms with Gasteiger partial charge in [0.25, 0.3) is 0 Å². The quantitative estimate of drug-likeness (QED) is 0.396. The molecule has 0 amide bonds. The first-order valence-corrected chi connectivity index (χ1v) is 13.4. The van der Waals surface area contributed by atoms with Gasteiger partial charge in [-0.3, -0.25) is 8.42 Å². The van der Waals surface area contributed by atoms with Crippen molar-refractivity contribution in [3.05, 3.63) is 108 Å². The van der Waals surface area contributed by atoms with E-state index in [1.807, 2.05) is 66.7 Å². The fourth-order valence-electron chi connectivity index (χ4n) is 4.21. The fraction of sp³-hybridized carbons (Fsp3) is 0.111. The third kappa shape index (κ3) is 3.51. The van der Waals surface area contributed by atoms with Crippen LogP contribution in [-0.4, -0.2) is 20.9 Å². The van der Waals surface area contributed by atoms with Crippen LogP contribution in [0, 0.1) is 0 Å². The van der Waals surface area contributed by atoms with Crippen molar-refractivity contribution in [1.29, 1.82) is 0 Å². The van der Waals surface area contributed by atoms with E-state index in [0.29, 0.717) is 0 Å². The summed E-state index contributed by atoms with van der Waals surface area (Å²) in [6.45, 7) is 0. The van der Waals surface area contributed by atoms with E-state index in [1.54, 1.807) is 12.5 Å². The molecule has 0 saturated carbocycles. The van der Waals surface area contributed by atoms with E-state index < -0.39 is 27.2 Å². The minimum atomic E-state index is -1.05. The fourth-order valence-corrected chi connectivity index (χ4v) is 5.25. The van der Waals surface area contributed by atoms with Crippen LogP contribution in [0.5, 0.6) is 5.75 Å². The molecule has 5 rings (SSSR count). The summed E-state index contributed by atoms with van der Waals surface area (Å²) in [6, 6.07) is 27.8. The van der Waals surface area contributed by atoms with Gasteiger partial charge in [0.2, 0.25) is 0 Å². The molecule has 4 aromatic rings. The number of benzene rings is 4. The Kier molecular flexibility index (Phi) is 5.31. The van der Waals surface area contributed by atoms with Crippen LogP contribution in [0.25, 0.3) is 16.8 Å². The molecule has 1 aliphatic heterocycles. The van der Waals surface area contributed by atoms with Crippen molar-refractivity contribution in [3.63, 3.8) is 0 Å². The highest BCUT2D eigenvalue weighted by Gasteiger charge is 2.37. The van der Waals surface area contributed by atoms with Crippen molar-refractivity contribution >= 4 is 38.4 Å². The molecule has 0 spiro atoms. The molecular weight excluding hydrogens is 436 g/mol. The van der Waals surface area contributed by atoms with Crippen LogP contribution in [0.3, 0.4) is 0 Å². The van der Waals surface area contributed by atoms with E-state index in [1.165, 1.54) is 0 Å². The minimum Gasteiger partial charge on any atom is -0.473 e. The van der Waals surface area contributed by atoms with Crippen LogP contribution in [0.15, 0.2) is 101 Å². The first-order valence-electron chi connectivity index (χ1n) is 10.3. The van der Waals surface area contributed by atoms with Gasteiger partial charge >= 0.3 is 0 Å². The van der Waals surface area contributed by atoms with Gasteiger partial charge in [0.15, 0.2) is 5.60 Å². The number of fused-ring (bicyclic) bond motifs is 3. The van der Waals surface area contributed by atoms with Crippen LogP contribution in [0.1, 0.15) is 16.7 Å². The number of ether oxygens (including phenoxy) is 1. The first-order chi connectivity index (χ1) is 15.5. The van der Waals surface area contributed by atoms with Gasteiger partial charge in [0.05, 0.1) is 0 Å². The summed E-state index contributed by atoms with van der Waals surface area (Å²) >= 11 is 0. The highest BCUT2D eigenvalue weighted by molar-refractivity contribution is 7.84. The molecule has 0 fully saturated rings. The molecule has 4 aromatic carbocycles.